The molecule has 1 heterocycles. The van der Waals surface area contributed by atoms with Gasteiger partial charge in [-0.05, 0) is 24.1 Å². The maximum atomic E-state index is 12.4. The Hall–Kier alpha value is -2.97. The van der Waals surface area contributed by atoms with Gasteiger partial charge in [0.1, 0.15) is 5.75 Å². The molecule has 0 bridgehead atoms. The van der Waals surface area contributed by atoms with Crippen LogP contribution in [0, 0.1) is 17.0 Å². The fourth-order valence-electron chi connectivity index (χ4n) is 3.58. The zero-order valence-electron chi connectivity index (χ0n) is 17.5. The number of methoxy groups -OCH3 is 1. The van der Waals surface area contributed by atoms with E-state index in [2.05, 4.69) is 46.3 Å². The largest absolute Gasteiger partial charge is 0.495 e. The summed E-state index contributed by atoms with van der Waals surface area (Å²) < 4.78 is 5.19. The third-order valence-corrected chi connectivity index (χ3v) is 5.44. The van der Waals surface area contributed by atoms with Crippen molar-refractivity contribution in [3.8, 4) is 5.75 Å². The quantitative estimate of drug-likeness (QED) is 0.530. The van der Waals surface area contributed by atoms with Crippen molar-refractivity contribution in [3.05, 3.63) is 63.7 Å². The van der Waals surface area contributed by atoms with Crippen LogP contribution in [0.4, 0.5) is 11.4 Å². The minimum atomic E-state index is -0.495. The van der Waals surface area contributed by atoms with Crippen molar-refractivity contribution in [1.29, 1.82) is 0 Å². The summed E-state index contributed by atoms with van der Waals surface area (Å²) in [6, 6.07) is 12.6. The number of benzene rings is 2. The molecule has 8 nitrogen and oxygen atoms in total. The first-order valence-corrected chi connectivity index (χ1v) is 10.1. The molecule has 30 heavy (non-hydrogen) atoms. The van der Waals surface area contributed by atoms with E-state index in [-0.39, 0.29) is 11.6 Å². The molecule has 160 valence electrons. The molecule has 3 rings (SSSR count). The number of piperazine rings is 1. The second kappa shape index (κ2) is 10.2. The molecule has 1 aliphatic rings. The Labute approximate surface area is 176 Å². The highest BCUT2D eigenvalue weighted by Crippen LogP contribution is 2.29. The van der Waals surface area contributed by atoms with E-state index in [0.717, 1.165) is 32.7 Å². The first-order chi connectivity index (χ1) is 14.5. The average Bonchev–Trinajstić information content (AvgIpc) is 2.74. The number of rotatable bonds is 8. The van der Waals surface area contributed by atoms with Crippen molar-refractivity contribution in [3.63, 3.8) is 0 Å². The van der Waals surface area contributed by atoms with Gasteiger partial charge in [-0.3, -0.25) is 19.8 Å². The van der Waals surface area contributed by atoms with Crippen LogP contribution < -0.4 is 10.1 Å². The molecule has 1 amide bonds. The van der Waals surface area contributed by atoms with E-state index in [1.807, 2.05) is 0 Å². The molecule has 0 spiro atoms. The Kier molecular flexibility index (Phi) is 7.37. The summed E-state index contributed by atoms with van der Waals surface area (Å²) in [7, 11) is 1.47. The van der Waals surface area contributed by atoms with Crippen LogP contribution >= 0.6 is 0 Å². The predicted octanol–water partition coefficient (Wildman–Crippen LogP) is 3.06. The van der Waals surface area contributed by atoms with Gasteiger partial charge < -0.3 is 15.0 Å². The van der Waals surface area contributed by atoms with Gasteiger partial charge >= 0.3 is 0 Å². The number of aryl methyl sites for hydroxylation is 1. The number of nitro benzene ring substituents is 1. The third kappa shape index (κ3) is 5.77. The molecule has 0 aromatic heterocycles. The van der Waals surface area contributed by atoms with E-state index in [0.29, 0.717) is 24.4 Å². The fraction of sp³-hybridized carbons (Fsp3) is 0.409. The molecule has 1 aliphatic heterocycles. The SMILES string of the molecule is COc1ccc([N+](=O)[O-])cc1NC(=O)CCN1CCN(Cc2ccccc2C)CC1. The second-order valence-corrected chi connectivity index (χ2v) is 7.48. The Morgan fingerprint density at radius 3 is 2.50 bits per heavy atom. The molecule has 0 atom stereocenters. The van der Waals surface area contributed by atoms with E-state index >= 15 is 0 Å². The Morgan fingerprint density at radius 2 is 1.83 bits per heavy atom. The molecule has 8 heteroatoms. The van der Waals surface area contributed by atoms with E-state index in [4.69, 9.17) is 4.74 Å². The Morgan fingerprint density at radius 1 is 1.13 bits per heavy atom. The van der Waals surface area contributed by atoms with E-state index in [1.165, 1.54) is 36.4 Å². The first-order valence-electron chi connectivity index (χ1n) is 10.1. The van der Waals surface area contributed by atoms with Crippen LogP contribution in [-0.4, -0.2) is 60.5 Å². The van der Waals surface area contributed by atoms with Gasteiger partial charge in [-0.1, -0.05) is 24.3 Å². The lowest BCUT2D eigenvalue weighted by molar-refractivity contribution is -0.384. The summed E-state index contributed by atoms with van der Waals surface area (Å²) in [5, 5.41) is 13.7. The van der Waals surface area contributed by atoms with Crippen LogP contribution in [0.25, 0.3) is 0 Å². The van der Waals surface area contributed by atoms with Crippen LogP contribution in [0.3, 0.4) is 0 Å². The van der Waals surface area contributed by atoms with Crippen LogP contribution in [0.1, 0.15) is 17.5 Å². The van der Waals surface area contributed by atoms with E-state index < -0.39 is 4.92 Å². The van der Waals surface area contributed by atoms with Crippen molar-refractivity contribution in [1.82, 2.24) is 9.80 Å². The molecule has 2 aromatic rings. The number of carbonyl (C=O) groups excluding carboxylic acids is 1. The fourth-order valence-corrected chi connectivity index (χ4v) is 3.58. The van der Waals surface area contributed by atoms with Crippen molar-refractivity contribution in [2.75, 3.05) is 45.2 Å². The molecular formula is C22H28N4O4. The highest BCUT2D eigenvalue weighted by molar-refractivity contribution is 5.92. The second-order valence-electron chi connectivity index (χ2n) is 7.48. The highest BCUT2D eigenvalue weighted by atomic mass is 16.6. The number of hydrogen-bond acceptors (Lipinski definition) is 6. The number of non-ortho nitro benzene ring substituents is 1. The number of nitrogens with zero attached hydrogens (tertiary/aromatic N) is 3. The van der Waals surface area contributed by atoms with Gasteiger partial charge in [0.15, 0.2) is 0 Å². The number of nitrogens with one attached hydrogen (secondary N) is 1. The van der Waals surface area contributed by atoms with Crippen molar-refractivity contribution in [2.24, 2.45) is 0 Å². The summed E-state index contributed by atoms with van der Waals surface area (Å²) in [4.78, 5) is 27.6. The van der Waals surface area contributed by atoms with E-state index in [9.17, 15) is 14.9 Å². The van der Waals surface area contributed by atoms with Crippen LogP contribution in [0.5, 0.6) is 5.75 Å². The number of anilines is 1. The van der Waals surface area contributed by atoms with Gasteiger partial charge in [0.25, 0.3) is 5.69 Å². The number of hydrogen-bond donors (Lipinski definition) is 1. The predicted molar refractivity (Wildman–Crippen MR) is 116 cm³/mol. The average molecular weight is 412 g/mol. The molecule has 2 aromatic carbocycles. The van der Waals surface area contributed by atoms with Gasteiger partial charge in [-0.15, -0.1) is 0 Å². The van der Waals surface area contributed by atoms with Gasteiger partial charge in [0, 0.05) is 57.8 Å². The van der Waals surface area contributed by atoms with Gasteiger partial charge in [0.05, 0.1) is 17.7 Å². The number of ether oxygens (including phenoxy) is 1. The maximum Gasteiger partial charge on any atom is 0.271 e. The summed E-state index contributed by atoms with van der Waals surface area (Å²) in [6.45, 7) is 7.51. The summed E-state index contributed by atoms with van der Waals surface area (Å²) in [6.07, 6.45) is 0.323. The number of amides is 1. The Bertz CT molecular complexity index is 894. The van der Waals surface area contributed by atoms with Crippen molar-refractivity contribution < 1.29 is 14.5 Å². The van der Waals surface area contributed by atoms with Gasteiger partial charge in [-0.25, -0.2) is 0 Å². The molecular weight excluding hydrogens is 384 g/mol. The lowest BCUT2D eigenvalue weighted by atomic mass is 10.1. The summed E-state index contributed by atoms with van der Waals surface area (Å²) in [5.74, 6) is 0.218. The zero-order valence-corrected chi connectivity index (χ0v) is 17.5. The molecule has 1 N–H and O–H groups in total. The molecule has 1 saturated heterocycles. The Balaban J connectivity index is 1.45. The maximum absolute atomic E-state index is 12.4. The lowest BCUT2D eigenvalue weighted by Crippen LogP contribution is -2.46. The molecule has 0 saturated carbocycles. The van der Waals surface area contributed by atoms with Crippen molar-refractivity contribution >= 4 is 17.3 Å². The first kappa shape index (κ1) is 21.7. The molecule has 0 radical (unpaired) electrons. The van der Waals surface area contributed by atoms with Crippen molar-refractivity contribution in [2.45, 2.75) is 19.9 Å². The van der Waals surface area contributed by atoms with E-state index in [1.54, 1.807) is 0 Å². The minimum absolute atomic E-state index is 0.0872. The van der Waals surface area contributed by atoms with Crippen LogP contribution in [0.2, 0.25) is 0 Å². The molecule has 1 fully saturated rings. The van der Waals surface area contributed by atoms with Crippen LogP contribution in [-0.2, 0) is 11.3 Å². The summed E-state index contributed by atoms with van der Waals surface area (Å²) in [5.41, 5.74) is 2.90. The van der Waals surface area contributed by atoms with Crippen LogP contribution in [0.15, 0.2) is 42.5 Å². The third-order valence-electron chi connectivity index (χ3n) is 5.44. The van der Waals surface area contributed by atoms with Gasteiger partial charge in [-0.2, -0.15) is 0 Å². The molecule has 0 aliphatic carbocycles. The van der Waals surface area contributed by atoms with Gasteiger partial charge in [0.2, 0.25) is 5.91 Å². The summed E-state index contributed by atoms with van der Waals surface area (Å²) >= 11 is 0. The molecule has 0 unspecified atom stereocenters. The standard InChI is InChI=1S/C22H28N4O4/c1-17-5-3-4-6-18(17)16-25-13-11-24(12-14-25)10-9-22(27)23-20-15-19(26(28)29)7-8-21(20)30-2/h3-8,15H,9-14,16H2,1-2H3,(H,23,27). The normalized spacial score (nSPS) is 15.0. The highest BCUT2D eigenvalue weighted by Gasteiger charge is 2.19. The lowest BCUT2D eigenvalue weighted by Gasteiger charge is -2.34. The smallest absolute Gasteiger partial charge is 0.271 e. The number of nitro groups is 1. The number of carbonyl (C=O) groups is 1. The monoisotopic (exact) mass is 412 g/mol. The topological polar surface area (TPSA) is 87.9 Å². The minimum Gasteiger partial charge on any atom is -0.495 e. The zero-order chi connectivity index (χ0) is 21.5.